The number of rotatable bonds is 2. The number of carbonyl (C=O) groups is 2. The fraction of sp³-hybridized carbons (Fsp3) is 0.800. The van der Waals surface area contributed by atoms with Gasteiger partial charge in [0.05, 0.1) is 17.4 Å². The van der Waals surface area contributed by atoms with E-state index in [9.17, 15) is 9.59 Å². The van der Waals surface area contributed by atoms with Crippen molar-refractivity contribution in [1.29, 1.82) is 0 Å². The van der Waals surface area contributed by atoms with E-state index < -0.39 is 10.8 Å². The van der Waals surface area contributed by atoms with Gasteiger partial charge in [-0.15, -0.1) is 0 Å². The third-order valence-electron chi connectivity index (χ3n) is 3.26. The summed E-state index contributed by atoms with van der Waals surface area (Å²) < 4.78 is 0. The van der Waals surface area contributed by atoms with E-state index in [1.807, 2.05) is 0 Å². The predicted octanol–water partition coefficient (Wildman–Crippen LogP) is 1.36. The molecule has 1 aliphatic heterocycles. The first kappa shape index (κ1) is 11.2. The zero-order valence-electron chi connectivity index (χ0n) is 9.38. The van der Waals surface area contributed by atoms with Gasteiger partial charge in [0, 0.05) is 0 Å². The summed E-state index contributed by atoms with van der Waals surface area (Å²) in [6.07, 6.45) is 0. The van der Waals surface area contributed by atoms with Crippen LogP contribution in [0.25, 0.3) is 0 Å². The maximum atomic E-state index is 11.8. The third-order valence-corrected chi connectivity index (χ3v) is 3.26. The van der Waals surface area contributed by atoms with E-state index in [1.165, 1.54) is 0 Å². The lowest BCUT2D eigenvalue weighted by atomic mass is 9.70. The van der Waals surface area contributed by atoms with Gasteiger partial charge in [0.15, 0.2) is 0 Å². The van der Waals surface area contributed by atoms with Gasteiger partial charge in [0.25, 0.3) is 11.8 Å². The fourth-order valence-corrected chi connectivity index (χ4v) is 1.38. The van der Waals surface area contributed by atoms with Crippen molar-refractivity contribution < 1.29 is 14.4 Å². The van der Waals surface area contributed by atoms with Crippen molar-refractivity contribution in [3.8, 4) is 0 Å². The van der Waals surface area contributed by atoms with E-state index in [0.29, 0.717) is 6.61 Å². The summed E-state index contributed by atoms with van der Waals surface area (Å²) in [6, 6.07) is 0. The minimum atomic E-state index is -0.695. The van der Waals surface area contributed by atoms with Gasteiger partial charge < -0.3 is 0 Å². The van der Waals surface area contributed by atoms with Gasteiger partial charge in [-0.2, -0.15) is 5.06 Å². The Kier molecular flexibility index (Phi) is 2.44. The van der Waals surface area contributed by atoms with Crippen LogP contribution in [0.3, 0.4) is 0 Å². The molecule has 0 N–H and O–H groups in total. The minimum absolute atomic E-state index is 0.255. The fourth-order valence-electron chi connectivity index (χ4n) is 1.38. The summed E-state index contributed by atoms with van der Waals surface area (Å²) in [7, 11) is 0. The Hall–Kier alpha value is -0.900. The van der Waals surface area contributed by atoms with Gasteiger partial charge in [0.1, 0.15) is 0 Å². The van der Waals surface area contributed by atoms with Gasteiger partial charge in [-0.3, -0.25) is 14.4 Å². The Morgan fingerprint density at radius 2 is 1.43 bits per heavy atom. The molecule has 0 aromatic carbocycles. The first-order valence-electron chi connectivity index (χ1n) is 4.78. The second-order valence-corrected chi connectivity index (χ2v) is 4.57. The summed E-state index contributed by atoms with van der Waals surface area (Å²) in [5.41, 5.74) is -1.39. The van der Waals surface area contributed by atoms with Gasteiger partial charge >= 0.3 is 0 Å². The number of hydrogen-bond acceptors (Lipinski definition) is 3. The number of hydrogen-bond donors (Lipinski definition) is 0. The lowest BCUT2D eigenvalue weighted by Gasteiger charge is -2.27. The molecule has 4 heteroatoms. The van der Waals surface area contributed by atoms with Gasteiger partial charge in [-0.1, -0.05) is 0 Å². The molecule has 0 radical (unpaired) electrons. The Labute approximate surface area is 84.2 Å². The summed E-state index contributed by atoms with van der Waals surface area (Å²) in [5.74, 6) is -0.510. The molecule has 0 saturated carbocycles. The number of carbonyl (C=O) groups excluding carboxylic acids is 2. The molecular formula is C10H17NO3. The van der Waals surface area contributed by atoms with Crippen molar-refractivity contribution in [3.05, 3.63) is 0 Å². The van der Waals surface area contributed by atoms with Crippen LogP contribution in [0.15, 0.2) is 0 Å². The van der Waals surface area contributed by atoms with Crippen LogP contribution in [0.5, 0.6) is 0 Å². The number of nitrogens with zero attached hydrogens (tertiary/aromatic N) is 1. The number of amides is 2. The molecule has 0 aromatic rings. The topological polar surface area (TPSA) is 46.6 Å². The van der Waals surface area contributed by atoms with Crippen LogP contribution in [0, 0.1) is 10.8 Å². The van der Waals surface area contributed by atoms with Gasteiger partial charge in [-0.05, 0) is 34.6 Å². The molecule has 0 unspecified atom stereocenters. The molecule has 80 valence electrons. The molecule has 0 aromatic heterocycles. The van der Waals surface area contributed by atoms with E-state index in [1.54, 1.807) is 34.6 Å². The molecule has 0 atom stereocenters. The Morgan fingerprint density at radius 1 is 1.07 bits per heavy atom. The molecule has 14 heavy (non-hydrogen) atoms. The largest absolute Gasteiger partial charge is 0.271 e. The van der Waals surface area contributed by atoms with E-state index in [4.69, 9.17) is 4.84 Å². The molecule has 0 aliphatic carbocycles. The number of imide groups is 1. The molecule has 1 fully saturated rings. The lowest BCUT2D eigenvalue weighted by molar-refractivity contribution is -0.189. The second-order valence-electron chi connectivity index (χ2n) is 4.57. The van der Waals surface area contributed by atoms with E-state index >= 15 is 0 Å². The lowest BCUT2D eigenvalue weighted by Crippen LogP contribution is -2.35. The molecule has 1 aliphatic rings. The van der Waals surface area contributed by atoms with Crippen LogP contribution in [0.4, 0.5) is 0 Å². The Morgan fingerprint density at radius 3 is 1.71 bits per heavy atom. The van der Waals surface area contributed by atoms with E-state index in [2.05, 4.69) is 0 Å². The highest BCUT2D eigenvalue weighted by atomic mass is 16.7. The van der Waals surface area contributed by atoms with E-state index in [0.717, 1.165) is 5.06 Å². The zero-order chi connectivity index (χ0) is 11.1. The Balaban J connectivity index is 3.09. The average molecular weight is 199 g/mol. The molecule has 4 nitrogen and oxygen atoms in total. The van der Waals surface area contributed by atoms with Crippen molar-refractivity contribution in [3.63, 3.8) is 0 Å². The predicted molar refractivity (Wildman–Crippen MR) is 51.0 cm³/mol. The molecule has 1 rings (SSSR count). The smallest absolute Gasteiger partial charge is 0.260 e. The highest BCUT2D eigenvalue weighted by Gasteiger charge is 2.60. The molecule has 0 bridgehead atoms. The maximum absolute atomic E-state index is 11.8. The van der Waals surface area contributed by atoms with Crippen molar-refractivity contribution in [2.75, 3.05) is 6.61 Å². The maximum Gasteiger partial charge on any atom is 0.260 e. The second kappa shape index (κ2) is 3.05. The van der Waals surface area contributed by atoms with Crippen molar-refractivity contribution in [2.24, 2.45) is 10.8 Å². The summed E-state index contributed by atoms with van der Waals surface area (Å²) in [4.78, 5) is 28.7. The molecular weight excluding hydrogens is 182 g/mol. The van der Waals surface area contributed by atoms with Crippen LogP contribution in [-0.4, -0.2) is 23.5 Å². The SMILES string of the molecule is CCON1C(=O)C(C)(C)C(C)(C)C1=O. The molecule has 1 heterocycles. The standard InChI is InChI=1S/C10H17NO3/c1-6-14-11-7(12)9(2,3)10(4,5)8(11)13/h6H2,1-5H3. The van der Waals surface area contributed by atoms with Gasteiger partial charge in [0.2, 0.25) is 0 Å². The van der Waals surface area contributed by atoms with Crippen molar-refractivity contribution in [2.45, 2.75) is 34.6 Å². The Bertz CT molecular complexity index is 255. The van der Waals surface area contributed by atoms with Crippen LogP contribution >= 0.6 is 0 Å². The van der Waals surface area contributed by atoms with Crippen molar-refractivity contribution in [1.82, 2.24) is 5.06 Å². The average Bonchev–Trinajstić information content (AvgIpc) is 2.19. The third kappa shape index (κ3) is 1.17. The van der Waals surface area contributed by atoms with Crippen LogP contribution in [-0.2, 0) is 14.4 Å². The summed E-state index contributed by atoms with van der Waals surface area (Å²) >= 11 is 0. The van der Waals surface area contributed by atoms with Gasteiger partial charge in [-0.25, -0.2) is 0 Å². The quantitative estimate of drug-likeness (QED) is 0.631. The highest BCUT2D eigenvalue weighted by molar-refractivity contribution is 6.07. The minimum Gasteiger partial charge on any atom is -0.271 e. The summed E-state index contributed by atoms with van der Waals surface area (Å²) in [5, 5.41) is 0.903. The molecule has 2 amide bonds. The molecule has 0 spiro atoms. The van der Waals surface area contributed by atoms with E-state index in [-0.39, 0.29) is 11.8 Å². The normalized spacial score (nSPS) is 24.5. The van der Waals surface area contributed by atoms with Crippen LogP contribution in [0.1, 0.15) is 34.6 Å². The molecule has 1 saturated heterocycles. The number of hydroxylamine groups is 2. The van der Waals surface area contributed by atoms with Crippen molar-refractivity contribution >= 4 is 11.8 Å². The zero-order valence-corrected chi connectivity index (χ0v) is 9.38. The first-order valence-corrected chi connectivity index (χ1v) is 4.78. The van der Waals surface area contributed by atoms with Crippen LogP contribution < -0.4 is 0 Å². The van der Waals surface area contributed by atoms with Crippen LogP contribution in [0.2, 0.25) is 0 Å². The summed E-state index contributed by atoms with van der Waals surface area (Å²) in [6.45, 7) is 9.15. The highest BCUT2D eigenvalue weighted by Crippen LogP contribution is 2.47. The first-order chi connectivity index (χ1) is 6.26. The monoisotopic (exact) mass is 199 g/mol.